The maximum absolute atomic E-state index is 6.66. The number of furan rings is 1. The summed E-state index contributed by atoms with van der Waals surface area (Å²) in [7, 11) is 0. The molecule has 150 heavy (non-hydrogen) atoms. The van der Waals surface area contributed by atoms with Gasteiger partial charge in [-0.3, -0.25) is 9.97 Å². The first kappa shape index (κ1) is 89.4. The highest BCUT2D eigenvalue weighted by Gasteiger charge is 2.48. The van der Waals surface area contributed by atoms with Crippen LogP contribution in [0.2, 0.25) is 0 Å². The predicted octanol–water partition coefficient (Wildman–Crippen LogP) is 38.5. The second-order valence-electron chi connectivity index (χ2n) is 39.3. The first-order valence-corrected chi connectivity index (χ1v) is 51.6. The fraction of sp³-hybridized carbons (Fsp3) is 0.0278. The van der Waals surface area contributed by atoms with E-state index in [1.165, 1.54) is 165 Å². The van der Waals surface area contributed by atoms with E-state index in [4.69, 9.17) is 4.42 Å². The van der Waals surface area contributed by atoms with Crippen LogP contribution in [0.5, 0.6) is 0 Å². The second-order valence-corrected chi connectivity index (χ2v) is 39.3. The van der Waals surface area contributed by atoms with E-state index in [1.54, 1.807) is 0 Å². The molecule has 0 fully saturated rings. The summed E-state index contributed by atoms with van der Waals surface area (Å²) in [5.41, 5.74) is 39.6. The minimum atomic E-state index is -0.543. The van der Waals surface area contributed by atoms with E-state index < -0.39 is 10.8 Å². The van der Waals surface area contributed by atoms with Crippen molar-refractivity contribution >= 4 is 138 Å². The van der Waals surface area contributed by atoms with Crippen LogP contribution in [0, 0.1) is 13.8 Å². The molecular weight excluding hydrogens is 1820 g/mol. The van der Waals surface area contributed by atoms with Gasteiger partial charge < -0.3 is 19.1 Å². The van der Waals surface area contributed by atoms with Crippen molar-refractivity contribution in [3.63, 3.8) is 0 Å². The molecule has 27 aromatic rings. The van der Waals surface area contributed by atoms with Crippen LogP contribution in [-0.4, -0.2) is 9.97 Å². The number of hydrogen-bond acceptors (Lipinski definition) is 6. The number of aromatic nitrogens is 2. The Morgan fingerprint density at radius 3 is 0.947 bits per heavy atom. The van der Waals surface area contributed by atoms with Gasteiger partial charge in [-0.25, -0.2) is 0 Å². The minimum Gasteiger partial charge on any atom is -0.454 e. The number of rotatable bonds is 17. The van der Waals surface area contributed by atoms with Gasteiger partial charge in [0.2, 0.25) is 0 Å². The number of anilines is 9. The van der Waals surface area contributed by atoms with Crippen molar-refractivity contribution < 1.29 is 4.42 Å². The summed E-state index contributed by atoms with van der Waals surface area (Å²) in [5.74, 6) is 0. The minimum absolute atomic E-state index is 0.543. The molecule has 706 valence electrons. The zero-order valence-electron chi connectivity index (χ0n) is 82.8. The molecule has 3 heterocycles. The summed E-state index contributed by atoms with van der Waals surface area (Å²) in [6, 6.07) is 201. The standard InChI is InChI=1S/C80H56N2.C40H27NO.C24H16N2/c1-53-21-17-29-61(49-53)81(63-31-19-27-59(51-63)79(57-23-5-3-6-24-57)71-37-13-9-33-65(71)66-34-10-14-38-72(66)79)75-47-43-55-42-46-70-76(48-44-56-41-45-69(75)77(55)78(56)70)82(62-30-18-22-54(2)50-62)64-32-20-28-60(52-64)80(58-25-7-4-8-26-58)73-39-15-11-35-67(73)68-36-12-16-40-74(68)80;1-3-10-28(11-4-1)30-18-23-33(24-19-30)41(34-25-20-31(21-26-34)29-12-5-2-6-13-29)37-17-9-16-36-39-35-15-8-7-14-32(35)22-27-38(39)42-40(36)37;1-3-7-17(8-4-1)19-13-15-25-23-21(19)11-12-22-20(14-16-26-24(22)23)18-9-5-2-6-10-18/h3-52H,1-2H3;1-27H;1-16H. The van der Waals surface area contributed by atoms with Crippen molar-refractivity contribution in [1.82, 2.24) is 9.97 Å². The van der Waals surface area contributed by atoms with E-state index in [0.717, 1.165) is 94.9 Å². The Labute approximate surface area is 872 Å². The molecule has 6 heteroatoms. The van der Waals surface area contributed by atoms with Crippen molar-refractivity contribution in [3.05, 3.63) is 620 Å². The molecule has 0 unspecified atom stereocenters. The molecular formula is C144H99N5O. The molecule has 0 saturated heterocycles. The summed E-state index contributed by atoms with van der Waals surface area (Å²) in [6.07, 6.45) is 3.75. The Morgan fingerprint density at radius 1 is 0.193 bits per heavy atom. The largest absolute Gasteiger partial charge is 0.454 e. The summed E-state index contributed by atoms with van der Waals surface area (Å²) in [6.45, 7) is 4.40. The number of nitrogens with zero attached hydrogens (tertiary/aromatic N) is 5. The molecule has 2 aliphatic rings. The van der Waals surface area contributed by atoms with Crippen molar-refractivity contribution in [2.75, 3.05) is 14.7 Å². The van der Waals surface area contributed by atoms with Gasteiger partial charge in [-0.2, -0.15) is 0 Å². The molecule has 0 bridgehead atoms. The van der Waals surface area contributed by atoms with Gasteiger partial charge >= 0.3 is 0 Å². The molecule has 29 rings (SSSR count). The number of aryl methyl sites for hydroxylation is 2. The third kappa shape index (κ3) is 15.2. The topological polar surface area (TPSA) is 48.6 Å². The van der Waals surface area contributed by atoms with Crippen molar-refractivity contribution in [1.29, 1.82) is 0 Å². The molecule has 0 amide bonds. The maximum atomic E-state index is 6.66. The van der Waals surface area contributed by atoms with Gasteiger partial charge in [-0.15, -0.1) is 0 Å². The van der Waals surface area contributed by atoms with E-state index in [0.29, 0.717) is 0 Å². The number of benzene rings is 24. The van der Waals surface area contributed by atoms with Gasteiger partial charge in [-0.1, -0.05) is 443 Å². The van der Waals surface area contributed by atoms with Gasteiger partial charge in [0.25, 0.3) is 0 Å². The van der Waals surface area contributed by atoms with Crippen LogP contribution in [0.3, 0.4) is 0 Å². The molecule has 0 N–H and O–H groups in total. The fourth-order valence-corrected chi connectivity index (χ4v) is 24.3. The van der Waals surface area contributed by atoms with Crippen LogP contribution < -0.4 is 14.7 Å². The molecule has 0 saturated carbocycles. The quantitative estimate of drug-likeness (QED) is 0.0847. The highest BCUT2D eigenvalue weighted by molar-refractivity contribution is 6.29. The lowest BCUT2D eigenvalue weighted by Gasteiger charge is -2.35. The van der Waals surface area contributed by atoms with Crippen LogP contribution in [0.25, 0.3) is 154 Å². The summed E-state index contributed by atoms with van der Waals surface area (Å²) in [4.78, 5) is 16.6. The number of pyridine rings is 2. The van der Waals surface area contributed by atoms with Gasteiger partial charge in [0.1, 0.15) is 5.58 Å². The lowest BCUT2D eigenvalue weighted by Crippen LogP contribution is -2.28. The Kier molecular flexibility index (Phi) is 22.5. The van der Waals surface area contributed by atoms with Gasteiger partial charge in [0.05, 0.1) is 38.9 Å². The average molecular weight is 1920 g/mol. The number of fused-ring (bicyclic) bond motifs is 14. The van der Waals surface area contributed by atoms with Crippen LogP contribution in [0.1, 0.15) is 55.6 Å². The third-order valence-electron chi connectivity index (χ3n) is 30.9. The Bertz CT molecular complexity index is 9220. The Balaban J connectivity index is 0.000000133. The maximum Gasteiger partial charge on any atom is 0.159 e. The smallest absolute Gasteiger partial charge is 0.159 e. The van der Waals surface area contributed by atoms with Crippen molar-refractivity contribution in [2.45, 2.75) is 24.7 Å². The normalized spacial score (nSPS) is 12.4. The zero-order chi connectivity index (χ0) is 99.7. The van der Waals surface area contributed by atoms with Crippen LogP contribution in [0.4, 0.5) is 51.2 Å². The highest BCUT2D eigenvalue weighted by atomic mass is 16.3. The monoisotopic (exact) mass is 1910 g/mol. The summed E-state index contributed by atoms with van der Waals surface area (Å²) >= 11 is 0. The first-order chi connectivity index (χ1) is 74.2. The van der Waals surface area contributed by atoms with Crippen LogP contribution in [0.15, 0.2) is 569 Å². The van der Waals surface area contributed by atoms with Gasteiger partial charge in [-0.05, 0) is 278 Å². The lowest BCUT2D eigenvalue weighted by atomic mass is 9.67. The SMILES string of the molecule is Cc1cccc(N(c2cccc(C3(c4ccccc4)c4ccccc4-c4ccccc43)c2)c2ccc3ccc4c(N(c5cccc(C)c5)c5cccc(C6(c7ccccc7)c7ccccc7-c7ccccc76)c5)ccc5ccc2c3c54)c1.c1ccc(-c2ccc(N(c3ccc(-c4ccccc4)cc3)c3cccc4c3oc3ccc5ccccc5c34)cc2)cc1.c1ccc(-c2ccnc3c2ccc2c(-c4ccccc4)ccnc23)cc1. The Morgan fingerprint density at radius 2 is 0.520 bits per heavy atom. The lowest BCUT2D eigenvalue weighted by molar-refractivity contribution is 0.669. The Hall–Kier alpha value is -19.4. The van der Waals surface area contributed by atoms with Crippen molar-refractivity contribution in [2.24, 2.45) is 0 Å². The molecule has 0 spiro atoms. The van der Waals surface area contributed by atoms with E-state index >= 15 is 0 Å². The van der Waals surface area contributed by atoms with E-state index in [2.05, 4.69) is 578 Å². The second kappa shape index (κ2) is 37.6. The molecule has 6 nitrogen and oxygen atoms in total. The van der Waals surface area contributed by atoms with Crippen LogP contribution in [-0.2, 0) is 10.8 Å². The molecule has 0 aliphatic heterocycles. The third-order valence-corrected chi connectivity index (χ3v) is 30.9. The average Bonchev–Trinajstić information content (AvgIpc) is 1.48. The summed E-state index contributed by atoms with van der Waals surface area (Å²) in [5, 5.41) is 14.3. The molecule has 24 aromatic carbocycles. The summed E-state index contributed by atoms with van der Waals surface area (Å²) < 4.78 is 6.66. The fourth-order valence-electron chi connectivity index (χ4n) is 24.3. The molecule has 0 radical (unpaired) electrons. The van der Waals surface area contributed by atoms with Crippen LogP contribution >= 0.6 is 0 Å². The van der Waals surface area contributed by atoms with E-state index in [-0.39, 0.29) is 0 Å². The first-order valence-electron chi connectivity index (χ1n) is 51.6. The van der Waals surface area contributed by atoms with Crippen molar-refractivity contribution in [3.8, 4) is 66.8 Å². The van der Waals surface area contributed by atoms with Gasteiger partial charge in [0, 0.05) is 78.8 Å². The number of hydrogen-bond donors (Lipinski definition) is 0. The number of para-hydroxylation sites is 1. The molecule has 2 aliphatic carbocycles. The highest BCUT2D eigenvalue weighted by Crippen LogP contribution is 2.61. The molecule has 0 atom stereocenters. The predicted molar refractivity (Wildman–Crippen MR) is 628 cm³/mol. The van der Waals surface area contributed by atoms with E-state index in [9.17, 15) is 0 Å². The van der Waals surface area contributed by atoms with E-state index in [1.807, 2.05) is 24.5 Å². The molecule has 3 aromatic heterocycles. The zero-order valence-corrected chi connectivity index (χ0v) is 82.8. The van der Waals surface area contributed by atoms with Gasteiger partial charge in [0.15, 0.2) is 5.58 Å².